The van der Waals surface area contributed by atoms with Gasteiger partial charge in [-0.2, -0.15) is 0 Å². The first-order chi connectivity index (χ1) is 17.8. The minimum absolute atomic E-state index is 0.0371. The van der Waals surface area contributed by atoms with Crippen LogP contribution in [0.15, 0.2) is 84.9 Å². The minimum atomic E-state index is -0.658. The lowest BCUT2D eigenvalue weighted by molar-refractivity contribution is -0.384. The first-order valence-electron chi connectivity index (χ1n) is 12.3. The van der Waals surface area contributed by atoms with Crippen molar-refractivity contribution < 1.29 is 14.5 Å². The molecule has 8 heteroatoms. The largest absolute Gasteiger partial charge is 0.354 e. The first kappa shape index (κ1) is 27.9. The molecule has 37 heavy (non-hydrogen) atoms. The molecule has 7 nitrogen and oxygen atoms in total. The van der Waals surface area contributed by atoms with Gasteiger partial charge in [0.1, 0.15) is 6.04 Å². The molecule has 0 aliphatic heterocycles. The van der Waals surface area contributed by atoms with E-state index < -0.39 is 11.0 Å². The molecule has 0 aliphatic carbocycles. The van der Waals surface area contributed by atoms with Gasteiger partial charge in [-0.15, -0.1) is 11.8 Å². The molecule has 1 N–H and O–H groups in total. The molecule has 0 heterocycles. The summed E-state index contributed by atoms with van der Waals surface area (Å²) in [4.78, 5) is 39.1. The maximum Gasteiger partial charge on any atom is 0.269 e. The van der Waals surface area contributed by atoms with E-state index in [4.69, 9.17) is 0 Å². The number of carbonyl (C=O) groups excluding carboxylic acids is 2. The van der Waals surface area contributed by atoms with Crippen LogP contribution in [0.4, 0.5) is 5.69 Å². The van der Waals surface area contributed by atoms with E-state index in [1.165, 1.54) is 23.9 Å². The summed E-state index contributed by atoms with van der Waals surface area (Å²) >= 11 is 1.43. The highest BCUT2D eigenvalue weighted by Crippen LogP contribution is 2.20. The Balaban J connectivity index is 1.79. The Bertz CT molecular complexity index is 1150. The predicted molar refractivity (Wildman–Crippen MR) is 148 cm³/mol. The Morgan fingerprint density at radius 2 is 1.49 bits per heavy atom. The fraction of sp³-hybridized carbons (Fsp3) is 0.310. The second-order valence-corrected chi connectivity index (χ2v) is 10.3. The molecule has 0 saturated heterocycles. The number of hydrogen-bond acceptors (Lipinski definition) is 5. The Kier molecular flexibility index (Phi) is 10.7. The van der Waals surface area contributed by atoms with Crippen molar-refractivity contribution in [3.8, 4) is 0 Å². The van der Waals surface area contributed by atoms with Gasteiger partial charge in [0, 0.05) is 37.4 Å². The molecule has 3 aromatic carbocycles. The van der Waals surface area contributed by atoms with E-state index in [0.717, 1.165) is 16.7 Å². The molecule has 0 spiro atoms. The lowest BCUT2D eigenvalue weighted by Gasteiger charge is -2.31. The van der Waals surface area contributed by atoms with Crippen LogP contribution in [0.2, 0.25) is 0 Å². The molecular formula is C29H33N3O4S. The summed E-state index contributed by atoms with van der Waals surface area (Å²) in [6.07, 6.45) is 0.413. The summed E-state index contributed by atoms with van der Waals surface area (Å²) in [5.74, 6) is 0.716. The zero-order valence-corrected chi connectivity index (χ0v) is 22.0. The Morgan fingerprint density at radius 1 is 0.892 bits per heavy atom. The molecule has 194 valence electrons. The number of nitro groups is 1. The summed E-state index contributed by atoms with van der Waals surface area (Å²) < 4.78 is 0. The van der Waals surface area contributed by atoms with Gasteiger partial charge < -0.3 is 10.2 Å². The molecular weight excluding hydrogens is 486 g/mol. The smallest absolute Gasteiger partial charge is 0.269 e. The number of hydrogen-bond donors (Lipinski definition) is 1. The molecule has 0 fully saturated rings. The number of non-ortho nitro benzene ring substituents is 1. The van der Waals surface area contributed by atoms with Crippen molar-refractivity contribution in [2.24, 2.45) is 5.92 Å². The van der Waals surface area contributed by atoms with Crippen LogP contribution in [-0.2, 0) is 28.3 Å². The molecule has 0 aromatic heterocycles. The first-order valence-corrected chi connectivity index (χ1v) is 13.4. The highest BCUT2D eigenvalue weighted by atomic mass is 32.2. The molecule has 3 rings (SSSR count). The summed E-state index contributed by atoms with van der Waals surface area (Å²) in [7, 11) is 0. The number of amides is 2. The normalized spacial score (nSPS) is 11.6. The van der Waals surface area contributed by atoms with E-state index in [2.05, 4.69) is 5.32 Å². The van der Waals surface area contributed by atoms with E-state index in [0.29, 0.717) is 25.3 Å². The van der Waals surface area contributed by atoms with Gasteiger partial charge in [-0.3, -0.25) is 19.7 Å². The molecule has 0 bridgehead atoms. The predicted octanol–water partition coefficient (Wildman–Crippen LogP) is 5.24. The monoisotopic (exact) mass is 519 g/mol. The minimum Gasteiger partial charge on any atom is -0.354 e. The summed E-state index contributed by atoms with van der Waals surface area (Å²) in [6, 6.07) is 25.1. The van der Waals surface area contributed by atoms with E-state index in [1.807, 2.05) is 74.5 Å². The van der Waals surface area contributed by atoms with Crippen LogP contribution < -0.4 is 5.32 Å². The molecule has 3 aromatic rings. The van der Waals surface area contributed by atoms with Gasteiger partial charge in [-0.25, -0.2) is 0 Å². The van der Waals surface area contributed by atoms with Crippen LogP contribution in [0.3, 0.4) is 0 Å². The van der Waals surface area contributed by atoms with Gasteiger partial charge >= 0.3 is 0 Å². The van der Waals surface area contributed by atoms with Gasteiger partial charge in [0.15, 0.2) is 0 Å². The standard InChI is InChI=1S/C29H33N3O4S/c1-22(2)18-30-29(34)27(17-23-9-5-3-6-10-23)31(19-24-11-7-4-8-12-24)28(33)21-37-20-25-13-15-26(16-14-25)32(35)36/h3-16,22,27H,17-21H2,1-2H3,(H,30,34)/t27-/m1/s1. The van der Waals surface area contributed by atoms with Crippen molar-refractivity contribution in [2.45, 2.75) is 38.6 Å². The maximum atomic E-state index is 13.6. The van der Waals surface area contributed by atoms with Gasteiger partial charge in [0.25, 0.3) is 5.69 Å². The van der Waals surface area contributed by atoms with Crippen LogP contribution in [0.25, 0.3) is 0 Å². The number of rotatable bonds is 13. The third kappa shape index (κ3) is 9.06. The summed E-state index contributed by atoms with van der Waals surface area (Å²) in [5, 5.41) is 13.9. The Hall–Kier alpha value is -3.65. The number of thioether (sulfide) groups is 1. The fourth-order valence-electron chi connectivity index (χ4n) is 3.81. The lowest BCUT2D eigenvalue weighted by atomic mass is 10.0. The summed E-state index contributed by atoms with van der Waals surface area (Å²) in [5.41, 5.74) is 2.87. The third-order valence-corrected chi connectivity index (χ3v) is 6.78. The molecule has 0 unspecified atom stereocenters. The third-order valence-electron chi connectivity index (χ3n) is 5.79. The number of carbonyl (C=O) groups is 2. The quantitative estimate of drug-likeness (QED) is 0.246. The van der Waals surface area contributed by atoms with Crippen LogP contribution in [0, 0.1) is 16.0 Å². The lowest BCUT2D eigenvalue weighted by Crippen LogP contribution is -2.51. The van der Waals surface area contributed by atoms with Crippen molar-refractivity contribution in [1.29, 1.82) is 0 Å². The second kappa shape index (κ2) is 14.2. The molecule has 2 amide bonds. The van der Waals surface area contributed by atoms with Crippen LogP contribution in [0.1, 0.15) is 30.5 Å². The van der Waals surface area contributed by atoms with Crippen LogP contribution >= 0.6 is 11.8 Å². The Morgan fingerprint density at radius 3 is 2.05 bits per heavy atom. The van der Waals surface area contributed by atoms with Crippen molar-refractivity contribution >= 4 is 29.3 Å². The van der Waals surface area contributed by atoms with Gasteiger partial charge in [0.2, 0.25) is 11.8 Å². The van der Waals surface area contributed by atoms with E-state index in [1.54, 1.807) is 17.0 Å². The maximum absolute atomic E-state index is 13.6. The van der Waals surface area contributed by atoms with Crippen molar-refractivity contribution in [1.82, 2.24) is 10.2 Å². The van der Waals surface area contributed by atoms with Crippen molar-refractivity contribution in [2.75, 3.05) is 12.3 Å². The topological polar surface area (TPSA) is 92.6 Å². The zero-order valence-electron chi connectivity index (χ0n) is 21.2. The number of benzene rings is 3. The van der Waals surface area contributed by atoms with Gasteiger partial charge in [-0.1, -0.05) is 86.6 Å². The van der Waals surface area contributed by atoms with Gasteiger partial charge in [-0.05, 0) is 22.6 Å². The van der Waals surface area contributed by atoms with Crippen LogP contribution in [-0.4, -0.2) is 40.0 Å². The van der Waals surface area contributed by atoms with E-state index in [9.17, 15) is 19.7 Å². The van der Waals surface area contributed by atoms with E-state index in [-0.39, 0.29) is 29.2 Å². The number of nitro benzene ring substituents is 1. The van der Waals surface area contributed by atoms with Crippen molar-refractivity contribution in [3.05, 3.63) is 112 Å². The highest BCUT2D eigenvalue weighted by Gasteiger charge is 2.30. The van der Waals surface area contributed by atoms with E-state index >= 15 is 0 Å². The summed E-state index contributed by atoms with van der Waals surface area (Å²) in [6.45, 7) is 4.93. The average molecular weight is 520 g/mol. The average Bonchev–Trinajstić information content (AvgIpc) is 2.90. The molecule has 0 radical (unpaired) electrons. The SMILES string of the molecule is CC(C)CNC(=O)[C@@H](Cc1ccccc1)N(Cc1ccccc1)C(=O)CSCc1ccc([N+](=O)[O-])cc1. The molecule has 1 atom stereocenters. The van der Waals surface area contributed by atoms with Crippen LogP contribution in [0.5, 0.6) is 0 Å². The zero-order chi connectivity index (χ0) is 26.6. The fourth-order valence-corrected chi connectivity index (χ4v) is 4.68. The highest BCUT2D eigenvalue weighted by molar-refractivity contribution is 7.99. The number of nitrogens with one attached hydrogen (secondary N) is 1. The van der Waals surface area contributed by atoms with Gasteiger partial charge in [0.05, 0.1) is 10.7 Å². The Labute approximate surface area is 222 Å². The molecule has 0 saturated carbocycles. The van der Waals surface area contributed by atoms with Crippen molar-refractivity contribution in [3.63, 3.8) is 0 Å². The molecule has 0 aliphatic rings. The number of nitrogens with zero attached hydrogens (tertiary/aromatic N) is 2. The second-order valence-electron chi connectivity index (χ2n) is 9.27.